The zero-order valence-electron chi connectivity index (χ0n) is 11.1. The van der Waals surface area contributed by atoms with E-state index in [4.69, 9.17) is 10.5 Å². The first-order valence-corrected chi connectivity index (χ1v) is 6.11. The van der Waals surface area contributed by atoms with E-state index in [1.54, 1.807) is 7.11 Å². The zero-order chi connectivity index (χ0) is 13.8. The summed E-state index contributed by atoms with van der Waals surface area (Å²) >= 11 is 0. The minimum Gasteiger partial charge on any atom is -0.380 e. The molecule has 0 saturated heterocycles. The highest BCUT2D eigenvalue weighted by atomic mass is 16.5. The number of aromatic nitrogens is 2. The molecule has 4 N–H and O–H groups in total. The fourth-order valence-corrected chi connectivity index (χ4v) is 1.90. The Kier molecular flexibility index (Phi) is 4.13. The first-order chi connectivity index (χ1) is 9.12. The Morgan fingerprint density at radius 1 is 1.58 bits per heavy atom. The second kappa shape index (κ2) is 5.81. The molecule has 0 aliphatic heterocycles. The molecule has 1 amide bonds. The number of H-pyrrole nitrogens is 1. The van der Waals surface area contributed by atoms with Crippen molar-refractivity contribution in [3.8, 4) is 0 Å². The van der Waals surface area contributed by atoms with Gasteiger partial charge < -0.3 is 20.8 Å². The van der Waals surface area contributed by atoms with E-state index < -0.39 is 0 Å². The second-order valence-electron chi connectivity index (χ2n) is 4.40. The molecule has 19 heavy (non-hydrogen) atoms. The summed E-state index contributed by atoms with van der Waals surface area (Å²) in [5, 5.41) is 2.82. The Labute approximate surface area is 111 Å². The molecule has 0 saturated carbocycles. The van der Waals surface area contributed by atoms with E-state index in [0.717, 1.165) is 22.5 Å². The third-order valence-corrected chi connectivity index (χ3v) is 2.89. The highest BCUT2D eigenvalue weighted by molar-refractivity contribution is 5.93. The van der Waals surface area contributed by atoms with E-state index in [0.29, 0.717) is 6.54 Å². The van der Waals surface area contributed by atoms with E-state index in [-0.39, 0.29) is 18.4 Å². The molecule has 1 aromatic carbocycles. The van der Waals surface area contributed by atoms with Crippen LogP contribution in [-0.4, -0.2) is 35.6 Å². The van der Waals surface area contributed by atoms with E-state index in [2.05, 4.69) is 15.3 Å². The number of nitrogens with one attached hydrogen (secondary N) is 2. The van der Waals surface area contributed by atoms with Gasteiger partial charge in [-0.15, -0.1) is 0 Å². The van der Waals surface area contributed by atoms with Crippen LogP contribution in [0.1, 0.15) is 12.2 Å². The van der Waals surface area contributed by atoms with Gasteiger partial charge in [0.2, 0.25) is 5.91 Å². The van der Waals surface area contributed by atoms with Crippen molar-refractivity contribution in [2.75, 3.05) is 19.0 Å². The van der Waals surface area contributed by atoms with Gasteiger partial charge in [-0.25, -0.2) is 4.98 Å². The molecule has 1 unspecified atom stereocenters. The first kappa shape index (κ1) is 13.5. The third-order valence-electron chi connectivity index (χ3n) is 2.89. The highest BCUT2D eigenvalue weighted by Crippen LogP contribution is 2.17. The maximum absolute atomic E-state index is 11.8. The van der Waals surface area contributed by atoms with Crippen LogP contribution in [0, 0.1) is 6.92 Å². The molecule has 0 aliphatic carbocycles. The number of amides is 1. The average molecular weight is 262 g/mol. The largest absolute Gasteiger partial charge is 0.380 e. The molecule has 1 atom stereocenters. The van der Waals surface area contributed by atoms with Crippen molar-refractivity contribution in [2.45, 2.75) is 19.4 Å². The molecule has 102 valence electrons. The van der Waals surface area contributed by atoms with Crippen LogP contribution < -0.4 is 11.1 Å². The molecule has 2 aromatic rings. The van der Waals surface area contributed by atoms with Gasteiger partial charge in [0.15, 0.2) is 0 Å². The summed E-state index contributed by atoms with van der Waals surface area (Å²) in [6, 6.07) is 5.55. The van der Waals surface area contributed by atoms with Crippen LogP contribution in [0.4, 0.5) is 5.69 Å². The molecule has 0 bridgehead atoms. The summed E-state index contributed by atoms with van der Waals surface area (Å²) in [4.78, 5) is 19.2. The lowest BCUT2D eigenvalue weighted by Crippen LogP contribution is -2.28. The fraction of sp³-hybridized carbons (Fsp3) is 0.385. The lowest BCUT2D eigenvalue weighted by molar-refractivity contribution is -0.118. The molecule has 6 heteroatoms. The predicted molar refractivity (Wildman–Crippen MR) is 73.9 cm³/mol. The minimum atomic E-state index is -0.252. The zero-order valence-corrected chi connectivity index (χ0v) is 11.1. The number of fused-ring (bicyclic) bond motifs is 1. The lowest BCUT2D eigenvalue weighted by atomic mass is 10.2. The highest BCUT2D eigenvalue weighted by Gasteiger charge is 2.12. The maximum Gasteiger partial charge on any atom is 0.227 e. The number of rotatable bonds is 5. The van der Waals surface area contributed by atoms with Crippen LogP contribution in [0.15, 0.2) is 18.2 Å². The number of ether oxygens (including phenoxy) is 1. The third kappa shape index (κ3) is 3.30. The monoisotopic (exact) mass is 262 g/mol. The van der Waals surface area contributed by atoms with Gasteiger partial charge in [0.05, 0.1) is 23.6 Å². The van der Waals surface area contributed by atoms with Crippen molar-refractivity contribution in [3.63, 3.8) is 0 Å². The van der Waals surface area contributed by atoms with Crippen molar-refractivity contribution < 1.29 is 9.53 Å². The first-order valence-electron chi connectivity index (χ1n) is 6.11. The standard InChI is InChI=1S/C13H18N4O2/c1-8-15-11-4-3-9(5-12(11)16-8)17-13(18)6-10(7-14)19-2/h3-5,10H,6-7,14H2,1-2H3,(H,15,16)(H,17,18). The average Bonchev–Trinajstić information content (AvgIpc) is 2.75. The maximum atomic E-state index is 11.8. The SMILES string of the molecule is COC(CN)CC(=O)Nc1ccc2nc(C)[nH]c2c1. The number of carbonyl (C=O) groups is 1. The van der Waals surface area contributed by atoms with Gasteiger partial charge in [0, 0.05) is 19.3 Å². The Balaban J connectivity index is 2.06. The predicted octanol–water partition coefficient (Wildman–Crippen LogP) is 1.17. The van der Waals surface area contributed by atoms with Crippen molar-refractivity contribution in [1.82, 2.24) is 9.97 Å². The fourth-order valence-electron chi connectivity index (χ4n) is 1.90. The number of anilines is 1. The molecule has 0 fully saturated rings. The summed E-state index contributed by atoms with van der Waals surface area (Å²) < 4.78 is 5.08. The number of nitrogens with zero attached hydrogens (tertiary/aromatic N) is 1. The number of hydrogen-bond acceptors (Lipinski definition) is 4. The van der Waals surface area contributed by atoms with E-state index in [1.165, 1.54) is 0 Å². The number of hydrogen-bond donors (Lipinski definition) is 3. The number of imidazole rings is 1. The van der Waals surface area contributed by atoms with E-state index >= 15 is 0 Å². The van der Waals surface area contributed by atoms with Crippen molar-refractivity contribution >= 4 is 22.6 Å². The van der Waals surface area contributed by atoms with Crippen molar-refractivity contribution in [2.24, 2.45) is 5.73 Å². The molecule has 0 spiro atoms. The molecular formula is C13H18N4O2. The molecule has 1 heterocycles. The molecule has 2 rings (SSSR count). The van der Waals surface area contributed by atoms with Crippen LogP contribution >= 0.6 is 0 Å². The van der Waals surface area contributed by atoms with Gasteiger partial charge in [0.1, 0.15) is 5.82 Å². The van der Waals surface area contributed by atoms with Crippen LogP contribution in [0.25, 0.3) is 11.0 Å². The topological polar surface area (TPSA) is 93.0 Å². The van der Waals surface area contributed by atoms with E-state index in [1.807, 2.05) is 25.1 Å². The summed E-state index contributed by atoms with van der Waals surface area (Å²) in [6.07, 6.45) is -0.00864. The summed E-state index contributed by atoms with van der Waals surface area (Å²) in [5.41, 5.74) is 8.00. The summed E-state index contributed by atoms with van der Waals surface area (Å²) in [7, 11) is 1.55. The molecular weight excluding hydrogens is 244 g/mol. The van der Waals surface area contributed by atoms with Crippen LogP contribution in [0.5, 0.6) is 0 Å². The Morgan fingerprint density at radius 2 is 2.37 bits per heavy atom. The van der Waals surface area contributed by atoms with Gasteiger partial charge >= 0.3 is 0 Å². The minimum absolute atomic E-state index is 0.118. The Bertz CT molecular complexity index is 575. The Hall–Kier alpha value is -1.92. The molecule has 0 aliphatic rings. The summed E-state index contributed by atoms with van der Waals surface area (Å²) in [5.74, 6) is 0.731. The quantitative estimate of drug-likeness (QED) is 0.754. The van der Waals surface area contributed by atoms with Crippen molar-refractivity contribution in [3.05, 3.63) is 24.0 Å². The van der Waals surface area contributed by atoms with Crippen molar-refractivity contribution in [1.29, 1.82) is 0 Å². The molecule has 6 nitrogen and oxygen atoms in total. The smallest absolute Gasteiger partial charge is 0.227 e. The van der Waals surface area contributed by atoms with Gasteiger partial charge in [-0.05, 0) is 25.1 Å². The Morgan fingerprint density at radius 3 is 3.05 bits per heavy atom. The number of methoxy groups -OCH3 is 1. The van der Waals surface area contributed by atoms with Gasteiger partial charge in [-0.3, -0.25) is 4.79 Å². The van der Waals surface area contributed by atoms with E-state index in [9.17, 15) is 4.79 Å². The molecule has 1 aromatic heterocycles. The van der Waals surface area contributed by atoms with Gasteiger partial charge in [0.25, 0.3) is 0 Å². The van der Waals surface area contributed by atoms with Gasteiger partial charge in [-0.1, -0.05) is 0 Å². The number of nitrogens with two attached hydrogens (primary N) is 1. The normalized spacial score (nSPS) is 12.6. The summed E-state index contributed by atoms with van der Waals surface area (Å²) in [6.45, 7) is 2.21. The number of carbonyl (C=O) groups excluding carboxylic acids is 1. The lowest BCUT2D eigenvalue weighted by Gasteiger charge is -2.12. The van der Waals surface area contributed by atoms with Gasteiger partial charge in [-0.2, -0.15) is 0 Å². The van der Waals surface area contributed by atoms with Crippen LogP contribution in [0.3, 0.4) is 0 Å². The van der Waals surface area contributed by atoms with Crippen LogP contribution in [-0.2, 0) is 9.53 Å². The van der Waals surface area contributed by atoms with Crippen LogP contribution in [0.2, 0.25) is 0 Å². The number of benzene rings is 1. The second-order valence-corrected chi connectivity index (χ2v) is 4.40. The molecule has 0 radical (unpaired) electrons. The number of aryl methyl sites for hydroxylation is 1. The number of aromatic amines is 1.